The van der Waals surface area contributed by atoms with Crippen molar-refractivity contribution >= 4 is 5.82 Å². The third-order valence-corrected chi connectivity index (χ3v) is 4.38. The summed E-state index contributed by atoms with van der Waals surface area (Å²) in [5.74, 6) is 2.44. The van der Waals surface area contributed by atoms with E-state index < -0.39 is 0 Å². The zero-order valence-corrected chi connectivity index (χ0v) is 13.7. The fourth-order valence-corrected chi connectivity index (χ4v) is 3.21. The molecule has 2 aromatic heterocycles. The van der Waals surface area contributed by atoms with Crippen molar-refractivity contribution in [3.63, 3.8) is 0 Å². The van der Waals surface area contributed by atoms with Crippen LogP contribution in [0.4, 0.5) is 5.82 Å². The number of ether oxygens (including phenoxy) is 1. The Morgan fingerprint density at radius 1 is 1.17 bits per heavy atom. The Kier molecular flexibility index (Phi) is 3.65. The summed E-state index contributed by atoms with van der Waals surface area (Å²) < 4.78 is 7.18. The molecule has 1 aliphatic rings. The summed E-state index contributed by atoms with van der Waals surface area (Å²) in [6.45, 7) is 1.95. The third-order valence-electron chi connectivity index (χ3n) is 4.38. The Morgan fingerprint density at radius 3 is 2.79 bits per heavy atom. The second-order valence-corrected chi connectivity index (χ2v) is 5.94. The molecule has 0 saturated heterocycles. The van der Waals surface area contributed by atoms with Gasteiger partial charge in [0.25, 0.3) is 0 Å². The molecule has 0 radical (unpaired) electrons. The quantitative estimate of drug-likeness (QED) is 0.800. The number of nitrogens with one attached hydrogen (secondary N) is 1. The highest BCUT2D eigenvalue weighted by molar-refractivity contribution is 5.49. The smallest absolute Gasteiger partial charge is 0.175 e. The number of methoxy groups -OCH3 is 1. The number of hydrogen-bond donors (Lipinski definition) is 1. The van der Waals surface area contributed by atoms with E-state index in [1.54, 1.807) is 11.8 Å². The SMILES string of the molecule is COc1cccc2c1CCC2Nc1ccc(-n2ccc(C)n2)nn1. The van der Waals surface area contributed by atoms with Gasteiger partial charge in [0.2, 0.25) is 0 Å². The maximum absolute atomic E-state index is 5.46. The molecule has 24 heavy (non-hydrogen) atoms. The Balaban J connectivity index is 1.53. The third kappa shape index (κ3) is 2.60. The molecule has 0 aliphatic heterocycles. The van der Waals surface area contributed by atoms with E-state index in [1.165, 1.54) is 11.1 Å². The highest BCUT2D eigenvalue weighted by Gasteiger charge is 2.25. The van der Waals surface area contributed by atoms with Crippen LogP contribution < -0.4 is 10.1 Å². The largest absolute Gasteiger partial charge is 0.496 e. The number of benzene rings is 1. The molecule has 1 unspecified atom stereocenters. The van der Waals surface area contributed by atoms with Crippen molar-refractivity contribution in [2.24, 2.45) is 0 Å². The molecule has 0 spiro atoms. The lowest BCUT2D eigenvalue weighted by Gasteiger charge is -2.15. The average molecular weight is 321 g/mol. The van der Waals surface area contributed by atoms with Gasteiger partial charge in [-0.3, -0.25) is 0 Å². The molecule has 2 heterocycles. The van der Waals surface area contributed by atoms with Crippen molar-refractivity contribution in [2.75, 3.05) is 12.4 Å². The van der Waals surface area contributed by atoms with Gasteiger partial charge in [-0.25, -0.2) is 4.68 Å². The standard InChI is InChI=1S/C18H19N5O/c1-12-10-11-23(22-12)18-9-8-17(20-21-18)19-15-7-6-14-13(15)4-3-5-16(14)24-2/h3-5,8-11,15H,6-7H2,1-2H3,(H,19,20). The van der Waals surface area contributed by atoms with E-state index in [2.05, 4.69) is 26.7 Å². The molecule has 1 atom stereocenters. The summed E-state index contributed by atoms with van der Waals surface area (Å²) in [7, 11) is 1.72. The van der Waals surface area contributed by atoms with Crippen LogP contribution in [0.15, 0.2) is 42.6 Å². The highest BCUT2D eigenvalue weighted by Crippen LogP contribution is 2.38. The first kappa shape index (κ1) is 14.7. The lowest BCUT2D eigenvalue weighted by atomic mass is 10.1. The molecule has 122 valence electrons. The van der Waals surface area contributed by atoms with Crippen LogP contribution in [0.25, 0.3) is 5.82 Å². The zero-order chi connectivity index (χ0) is 16.5. The van der Waals surface area contributed by atoms with E-state index in [9.17, 15) is 0 Å². The van der Waals surface area contributed by atoms with Crippen LogP contribution in [-0.4, -0.2) is 27.1 Å². The lowest BCUT2D eigenvalue weighted by Crippen LogP contribution is -2.10. The van der Waals surface area contributed by atoms with Crippen molar-refractivity contribution in [2.45, 2.75) is 25.8 Å². The molecule has 3 aromatic rings. The number of anilines is 1. The van der Waals surface area contributed by atoms with Crippen molar-refractivity contribution in [1.29, 1.82) is 0 Å². The van der Waals surface area contributed by atoms with Crippen LogP contribution in [0.5, 0.6) is 5.75 Å². The topological polar surface area (TPSA) is 64.9 Å². The van der Waals surface area contributed by atoms with Crippen LogP contribution in [0, 0.1) is 6.92 Å². The molecule has 1 aromatic carbocycles. The summed E-state index contributed by atoms with van der Waals surface area (Å²) >= 11 is 0. The van der Waals surface area contributed by atoms with Gasteiger partial charge in [-0.05, 0) is 55.2 Å². The van der Waals surface area contributed by atoms with Gasteiger partial charge in [-0.2, -0.15) is 5.10 Å². The van der Waals surface area contributed by atoms with Crippen LogP contribution in [0.2, 0.25) is 0 Å². The fourth-order valence-electron chi connectivity index (χ4n) is 3.21. The number of hydrogen-bond acceptors (Lipinski definition) is 5. The molecule has 1 aliphatic carbocycles. The van der Waals surface area contributed by atoms with E-state index in [-0.39, 0.29) is 6.04 Å². The number of rotatable bonds is 4. The van der Waals surface area contributed by atoms with E-state index in [0.717, 1.165) is 30.1 Å². The number of fused-ring (bicyclic) bond motifs is 1. The summed E-state index contributed by atoms with van der Waals surface area (Å²) in [5, 5.41) is 16.4. The van der Waals surface area contributed by atoms with E-state index in [4.69, 9.17) is 4.74 Å². The van der Waals surface area contributed by atoms with Gasteiger partial charge in [-0.15, -0.1) is 10.2 Å². The Hall–Kier alpha value is -2.89. The molecule has 0 saturated carbocycles. The second kappa shape index (κ2) is 5.96. The molecular formula is C18H19N5O. The van der Waals surface area contributed by atoms with Crippen LogP contribution in [-0.2, 0) is 6.42 Å². The lowest BCUT2D eigenvalue weighted by molar-refractivity contribution is 0.410. The van der Waals surface area contributed by atoms with Crippen LogP contribution in [0.3, 0.4) is 0 Å². The van der Waals surface area contributed by atoms with Gasteiger partial charge in [0.05, 0.1) is 18.8 Å². The normalized spacial score (nSPS) is 16.0. The molecule has 0 bridgehead atoms. The molecular weight excluding hydrogens is 302 g/mol. The Morgan fingerprint density at radius 2 is 2.08 bits per heavy atom. The summed E-state index contributed by atoms with van der Waals surface area (Å²) in [6.07, 6.45) is 3.92. The number of aryl methyl sites for hydroxylation is 1. The minimum atomic E-state index is 0.238. The summed E-state index contributed by atoms with van der Waals surface area (Å²) in [4.78, 5) is 0. The molecule has 6 heteroatoms. The maximum Gasteiger partial charge on any atom is 0.175 e. The van der Waals surface area contributed by atoms with E-state index in [1.807, 2.05) is 43.5 Å². The maximum atomic E-state index is 5.46. The molecule has 4 rings (SSSR count). The van der Waals surface area contributed by atoms with Crippen LogP contribution >= 0.6 is 0 Å². The van der Waals surface area contributed by atoms with Crippen molar-refractivity contribution < 1.29 is 4.74 Å². The van der Waals surface area contributed by atoms with Crippen molar-refractivity contribution in [3.05, 3.63) is 59.4 Å². The molecule has 1 N–H and O–H groups in total. The summed E-state index contributed by atoms with van der Waals surface area (Å²) in [5.41, 5.74) is 3.52. The van der Waals surface area contributed by atoms with E-state index in [0.29, 0.717) is 5.82 Å². The van der Waals surface area contributed by atoms with Gasteiger partial charge in [0.1, 0.15) is 11.6 Å². The first-order valence-electron chi connectivity index (χ1n) is 8.03. The van der Waals surface area contributed by atoms with Crippen LogP contribution in [0.1, 0.15) is 29.3 Å². The number of aromatic nitrogens is 4. The second-order valence-electron chi connectivity index (χ2n) is 5.94. The zero-order valence-electron chi connectivity index (χ0n) is 13.7. The molecule has 6 nitrogen and oxygen atoms in total. The number of nitrogens with zero attached hydrogens (tertiary/aromatic N) is 4. The van der Waals surface area contributed by atoms with Gasteiger partial charge in [0, 0.05) is 6.20 Å². The minimum absolute atomic E-state index is 0.238. The molecule has 0 fully saturated rings. The minimum Gasteiger partial charge on any atom is -0.496 e. The predicted octanol–water partition coefficient (Wildman–Crippen LogP) is 3.08. The first-order valence-corrected chi connectivity index (χ1v) is 8.03. The predicted molar refractivity (Wildman–Crippen MR) is 91.6 cm³/mol. The van der Waals surface area contributed by atoms with Crippen molar-refractivity contribution in [3.8, 4) is 11.6 Å². The highest BCUT2D eigenvalue weighted by atomic mass is 16.5. The monoisotopic (exact) mass is 321 g/mol. The van der Waals surface area contributed by atoms with Gasteiger partial charge in [0.15, 0.2) is 5.82 Å². The van der Waals surface area contributed by atoms with Gasteiger partial charge in [-0.1, -0.05) is 12.1 Å². The average Bonchev–Trinajstić information content (AvgIpc) is 3.22. The van der Waals surface area contributed by atoms with Gasteiger partial charge >= 0.3 is 0 Å². The first-order chi connectivity index (χ1) is 11.7. The Bertz CT molecular complexity index is 856. The Labute approximate surface area is 140 Å². The molecule has 0 amide bonds. The van der Waals surface area contributed by atoms with Crippen molar-refractivity contribution in [1.82, 2.24) is 20.0 Å². The van der Waals surface area contributed by atoms with Gasteiger partial charge < -0.3 is 10.1 Å². The summed E-state index contributed by atoms with van der Waals surface area (Å²) in [6, 6.07) is 12.2. The van der Waals surface area contributed by atoms with E-state index >= 15 is 0 Å². The fraction of sp³-hybridized carbons (Fsp3) is 0.278.